The van der Waals surface area contributed by atoms with Crippen molar-refractivity contribution in [1.29, 1.82) is 0 Å². The van der Waals surface area contributed by atoms with E-state index in [-0.39, 0.29) is 12.4 Å². The van der Waals surface area contributed by atoms with Crippen molar-refractivity contribution in [1.82, 2.24) is 0 Å². The van der Waals surface area contributed by atoms with Gasteiger partial charge in [-0.1, -0.05) is 121 Å². The van der Waals surface area contributed by atoms with E-state index in [0.29, 0.717) is 0 Å². The molecular formula is C27H48ClN. The molecule has 1 aromatic rings. The highest BCUT2D eigenvalue weighted by Crippen LogP contribution is 2.12. The monoisotopic (exact) mass is 421 g/mol. The second-order valence-electron chi connectivity index (χ2n) is 8.63. The molecule has 0 saturated carbocycles. The Hall–Kier alpha value is -1.05. The zero-order valence-electron chi connectivity index (χ0n) is 19.7. The van der Waals surface area contributed by atoms with Crippen LogP contribution >= 0.6 is 0 Å². The lowest BCUT2D eigenvalue weighted by Crippen LogP contribution is -3.00. The van der Waals surface area contributed by atoms with E-state index in [4.69, 9.17) is 0 Å². The Bertz CT molecular complexity index is 467. The van der Waals surface area contributed by atoms with Crippen molar-refractivity contribution in [2.24, 2.45) is 0 Å². The van der Waals surface area contributed by atoms with Crippen LogP contribution in [0.25, 0.3) is 6.08 Å². The molecule has 0 unspecified atom stereocenters. The SMILES string of the molecule is C=CC[N+](C)(C)CCCCCCCCCCCCCC.C=Cc1ccccc1.[Cl-]. The molecule has 0 aliphatic carbocycles. The van der Waals surface area contributed by atoms with Crippen LogP contribution in [0.4, 0.5) is 0 Å². The molecule has 0 fully saturated rings. The number of benzene rings is 1. The number of hydrogen-bond donors (Lipinski definition) is 0. The Morgan fingerprint density at radius 2 is 1.17 bits per heavy atom. The van der Waals surface area contributed by atoms with E-state index in [1.807, 2.05) is 42.5 Å². The van der Waals surface area contributed by atoms with Crippen molar-refractivity contribution in [2.45, 2.75) is 84.0 Å². The topological polar surface area (TPSA) is 0 Å². The molecule has 29 heavy (non-hydrogen) atoms. The highest BCUT2D eigenvalue weighted by Gasteiger charge is 2.10. The number of rotatable bonds is 16. The molecule has 1 rings (SSSR count). The Balaban J connectivity index is 0. The largest absolute Gasteiger partial charge is 1.00 e. The van der Waals surface area contributed by atoms with Gasteiger partial charge in [-0.15, -0.1) is 0 Å². The first-order chi connectivity index (χ1) is 13.6. The maximum Gasteiger partial charge on any atom is 0.0966 e. The van der Waals surface area contributed by atoms with Crippen LogP contribution < -0.4 is 12.4 Å². The molecular weight excluding hydrogens is 374 g/mol. The Morgan fingerprint density at radius 3 is 1.55 bits per heavy atom. The van der Waals surface area contributed by atoms with Gasteiger partial charge in [0, 0.05) is 0 Å². The third kappa shape index (κ3) is 21.5. The first-order valence-corrected chi connectivity index (χ1v) is 11.7. The first-order valence-electron chi connectivity index (χ1n) is 11.7. The number of quaternary nitrogens is 1. The second-order valence-corrected chi connectivity index (χ2v) is 8.63. The maximum atomic E-state index is 3.84. The van der Waals surface area contributed by atoms with E-state index in [2.05, 4.69) is 34.2 Å². The zero-order chi connectivity index (χ0) is 20.9. The van der Waals surface area contributed by atoms with Crippen LogP contribution in [0.3, 0.4) is 0 Å². The third-order valence-electron chi connectivity index (χ3n) is 5.28. The fraction of sp³-hybridized carbons (Fsp3) is 0.630. The normalized spacial score (nSPS) is 10.4. The summed E-state index contributed by atoms with van der Waals surface area (Å²) in [7, 11) is 4.61. The van der Waals surface area contributed by atoms with E-state index in [1.54, 1.807) is 0 Å². The van der Waals surface area contributed by atoms with Gasteiger partial charge in [0.15, 0.2) is 0 Å². The van der Waals surface area contributed by atoms with Crippen molar-refractivity contribution in [3.8, 4) is 0 Å². The Morgan fingerprint density at radius 1 is 0.724 bits per heavy atom. The first kappa shape index (κ1) is 30.1. The smallest absolute Gasteiger partial charge is 0.0966 e. The summed E-state index contributed by atoms with van der Waals surface area (Å²) < 4.78 is 1.10. The quantitative estimate of drug-likeness (QED) is 0.193. The summed E-state index contributed by atoms with van der Waals surface area (Å²) in [6, 6.07) is 10.0. The van der Waals surface area contributed by atoms with Gasteiger partial charge in [0.2, 0.25) is 0 Å². The zero-order valence-corrected chi connectivity index (χ0v) is 20.4. The highest BCUT2D eigenvalue weighted by atomic mass is 35.5. The van der Waals surface area contributed by atoms with E-state index in [1.165, 1.54) is 89.2 Å². The number of halogens is 1. The molecule has 1 aromatic carbocycles. The minimum Gasteiger partial charge on any atom is -1.00 e. The lowest BCUT2D eigenvalue weighted by molar-refractivity contribution is -0.884. The van der Waals surface area contributed by atoms with Gasteiger partial charge in [-0.3, -0.25) is 0 Å². The van der Waals surface area contributed by atoms with Crippen LogP contribution in [0, 0.1) is 0 Å². The van der Waals surface area contributed by atoms with Crippen LogP contribution in [0.1, 0.15) is 89.5 Å². The van der Waals surface area contributed by atoms with Gasteiger partial charge in [0.05, 0.1) is 27.2 Å². The average Bonchev–Trinajstić information content (AvgIpc) is 2.70. The van der Waals surface area contributed by atoms with Crippen LogP contribution in [0.5, 0.6) is 0 Å². The van der Waals surface area contributed by atoms with E-state index in [9.17, 15) is 0 Å². The van der Waals surface area contributed by atoms with Gasteiger partial charge in [0.25, 0.3) is 0 Å². The summed E-state index contributed by atoms with van der Waals surface area (Å²) in [5.41, 5.74) is 1.17. The lowest BCUT2D eigenvalue weighted by atomic mass is 10.1. The Labute approximate surface area is 189 Å². The van der Waals surface area contributed by atoms with Crippen LogP contribution in [-0.2, 0) is 0 Å². The third-order valence-corrected chi connectivity index (χ3v) is 5.28. The second kappa shape index (κ2) is 21.7. The minimum atomic E-state index is 0. The summed E-state index contributed by atoms with van der Waals surface area (Å²) in [6.45, 7) is 12.2. The van der Waals surface area contributed by atoms with Crippen molar-refractivity contribution < 1.29 is 16.9 Å². The van der Waals surface area contributed by atoms with Crippen molar-refractivity contribution >= 4 is 6.08 Å². The number of nitrogens with zero attached hydrogens (tertiary/aromatic N) is 1. The number of likely N-dealkylation sites (N-methyl/N-ethyl adjacent to an activating group) is 1. The summed E-state index contributed by atoms with van der Waals surface area (Å²) >= 11 is 0. The van der Waals surface area contributed by atoms with Gasteiger partial charge in [0.1, 0.15) is 0 Å². The summed E-state index contributed by atoms with van der Waals surface area (Å²) in [4.78, 5) is 0. The van der Waals surface area contributed by atoms with E-state index >= 15 is 0 Å². The predicted octanol–water partition coefficient (Wildman–Crippen LogP) is 5.28. The minimum absolute atomic E-state index is 0. The molecule has 0 N–H and O–H groups in total. The molecule has 168 valence electrons. The lowest BCUT2D eigenvalue weighted by Gasteiger charge is -2.28. The average molecular weight is 422 g/mol. The molecule has 0 radical (unpaired) electrons. The molecule has 0 heterocycles. The fourth-order valence-corrected chi connectivity index (χ4v) is 3.41. The molecule has 0 amide bonds. The van der Waals surface area contributed by atoms with Gasteiger partial charge < -0.3 is 16.9 Å². The fourth-order valence-electron chi connectivity index (χ4n) is 3.41. The van der Waals surface area contributed by atoms with Crippen LogP contribution in [-0.4, -0.2) is 31.7 Å². The standard InChI is InChI=1S/C19H40N.C8H8.ClH/c1-5-7-8-9-10-11-12-13-14-15-16-17-19-20(3,4)18-6-2;1-2-8-6-4-3-5-7-8;/h6H,2,5,7-19H2,1,3-4H3;2-7H,1H2;1H/q+1;;/p-1. The molecule has 0 aromatic heterocycles. The Kier molecular flexibility index (Phi) is 22.5. The molecule has 0 atom stereocenters. The molecule has 0 spiro atoms. The predicted molar refractivity (Wildman–Crippen MR) is 130 cm³/mol. The van der Waals surface area contributed by atoms with Gasteiger partial charge in [-0.05, 0) is 24.5 Å². The molecule has 0 aliphatic rings. The van der Waals surface area contributed by atoms with E-state index < -0.39 is 0 Å². The van der Waals surface area contributed by atoms with Gasteiger partial charge >= 0.3 is 0 Å². The number of unbranched alkanes of at least 4 members (excludes halogenated alkanes) is 11. The van der Waals surface area contributed by atoms with Gasteiger partial charge in [-0.25, -0.2) is 0 Å². The van der Waals surface area contributed by atoms with Crippen molar-refractivity contribution in [3.05, 3.63) is 55.1 Å². The summed E-state index contributed by atoms with van der Waals surface area (Å²) in [5, 5.41) is 0. The molecule has 0 bridgehead atoms. The molecule has 1 nitrogen and oxygen atoms in total. The molecule has 2 heteroatoms. The van der Waals surface area contributed by atoms with Crippen molar-refractivity contribution in [3.63, 3.8) is 0 Å². The summed E-state index contributed by atoms with van der Waals surface area (Å²) in [6.07, 6.45) is 21.1. The molecule has 0 saturated heterocycles. The van der Waals surface area contributed by atoms with Crippen molar-refractivity contribution in [2.75, 3.05) is 27.2 Å². The maximum absolute atomic E-state index is 3.84. The van der Waals surface area contributed by atoms with E-state index in [0.717, 1.165) is 11.0 Å². The molecule has 0 aliphatic heterocycles. The van der Waals surface area contributed by atoms with Gasteiger partial charge in [-0.2, -0.15) is 0 Å². The van der Waals surface area contributed by atoms with Crippen LogP contribution in [0.15, 0.2) is 49.6 Å². The summed E-state index contributed by atoms with van der Waals surface area (Å²) in [5.74, 6) is 0. The highest BCUT2D eigenvalue weighted by molar-refractivity contribution is 5.45. The number of hydrogen-bond acceptors (Lipinski definition) is 0. The van der Waals surface area contributed by atoms with Crippen LogP contribution in [0.2, 0.25) is 0 Å².